The second kappa shape index (κ2) is 8.73. The fourth-order valence-corrected chi connectivity index (χ4v) is 2.23. The summed E-state index contributed by atoms with van der Waals surface area (Å²) in [5, 5.41) is 11.5. The molecule has 0 fully saturated rings. The van der Waals surface area contributed by atoms with Crippen molar-refractivity contribution in [2.45, 2.75) is 19.9 Å². The summed E-state index contributed by atoms with van der Waals surface area (Å²) in [5.74, 6) is -0.0120. The van der Waals surface area contributed by atoms with Crippen molar-refractivity contribution in [2.24, 2.45) is 0 Å². The molecule has 0 aliphatic rings. The van der Waals surface area contributed by atoms with Gasteiger partial charge < -0.3 is 19.9 Å². The number of rotatable bonds is 8. The van der Waals surface area contributed by atoms with Crippen molar-refractivity contribution in [1.29, 1.82) is 0 Å². The van der Waals surface area contributed by atoms with Crippen LogP contribution in [0, 0.1) is 0 Å². The minimum absolute atomic E-state index is 0.179. The van der Waals surface area contributed by atoms with Crippen molar-refractivity contribution in [3.05, 3.63) is 59.7 Å². The van der Waals surface area contributed by atoms with Gasteiger partial charge in [0.05, 0.1) is 12.6 Å². The van der Waals surface area contributed by atoms with Crippen LogP contribution in [0.5, 0.6) is 11.5 Å². The highest BCUT2D eigenvalue weighted by atomic mass is 16.5. The van der Waals surface area contributed by atoms with E-state index in [1.807, 2.05) is 13.8 Å². The highest BCUT2D eigenvalue weighted by Gasteiger charge is 2.12. The van der Waals surface area contributed by atoms with Gasteiger partial charge in [-0.15, -0.1) is 0 Å². The van der Waals surface area contributed by atoms with Gasteiger partial charge in [0.1, 0.15) is 11.5 Å². The van der Waals surface area contributed by atoms with Crippen LogP contribution in [-0.2, 0) is 4.79 Å². The zero-order valence-electron chi connectivity index (χ0n) is 14.2. The lowest BCUT2D eigenvalue weighted by Gasteiger charge is -2.15. The highest BCUT2D eigenvalue weighted by Crippen LogP contribution is 2.19. The van der Waals surface area contributed by atoms with E-state index in [0.717, 1.165) is 11.3 Å². The van der Waals surface area contributed by atoms with Crippen molar-refractivity contribution < 1.29 is 24.2 Å². The van der Waals surface area contributed by atoms with E-state index in [9.17, 15) is 9.59 Å². The van der Waals surface area contributed by atoms with Gasteiger partial charge in [0.2, 0.25) is 0 Å². The van der Waals surface area contributed by atoms with Crippen LogP contribution >= 0.6 is 0 Å². The Kier molecular flexibility index (Phi) is 6.39. The number of carboxylic acid groups (broad SMARTS) is 1. The van der Waals surface area contributed by atoms with E-state index in [1.165, 1.54) is 0 Å². The maximum atomic E-state index is 12.3. The first-order valence-electron chi connectivity index (χ1n) is 7.98. The Bertz CT molecular complexity index is 710. The smallest absolute Gasteiger partial charge is 0.341 e. The summed E-state index contributed by atoms with van der Waals surface area (Å²) in [7, 11) is 0. The Hall–Kier alpha value is -3.02. The van der Waals surface area contributed by atoms with Crippen LogP contribution in [0.4, 0.5) is 0 Å². The van der Waals surface area contributed by atoms with Crippen molar-refractivity contribution in [2.75, 3.05) is 13.2 Å². The third-order valence-corrected chi connectivity index (χ3v) is 3.52. The third kappa shape index (κ3) is 5.53. The quantitative estimate of drug-likeness (QED) is 0.769. The maximum absolute atomic E-state index is 12.3. The summed E-state index contributed by atoms with van der Waals surface area (Å²) in [6.45, 7) is 3.97. The number of hydrogen-bond donors (Lipinski definition) is 2. The van der Waals surface area contributed by atoms with E-state index < -0.39 is 5.97 Å². The van der Waals surface area contributed by atoms with Gasteiger partial charge in [0, 0.05) is 5.56 Å². The van der Waals surface area contributed by atoms with Crippen LogP contribution in [-0.4, -0.2) is 30.2 Å². The van der Waals surface area contributed by atoms with Crippen molar-refractivity contribution in [3.8, 4) is 11.5 Å². The largest absolute Gasteiger partial charge is 0.494 e. The van der Waals surface area contributed by atoms with E-state index in [0.29, 0.717) is 17.9 Å². The van der Waals surface area contributed by atoms with Gasteiger partial charge in [-0.3, -0.25) is 4.79 Å². The molecule has 0 saturated carbocycles. The average Bonchev–Trinajstić information content (AvgIpc) is 2.61. The van der Waals surface area contributed by atoms with Crippen molar-refractivity contribution in [3.63, 3.8) is 0 Å². The first-order chi connectivity index (χ1) is 12.0. The van der Waals surface area contributed by atoms with Gasteiger partial charge in [-0.25, -0.2) is 4.79 Å². The molecule has 0 heterocycles. The molecular weight excluding hydrogens is 322 g/mol. The Balaban J connectivity index is 1.94. The SMILES string of the molecule is CCOc1ccc(C(=O)NC(C)c2ccc(OCC(=O)O)cc2)cc1. The summed E-state index contributed by atoms with van der Waals surface area (Å²) in [4.78, 5) is 22.8. The predicted molar refractivity (Wildman–Crippen MR) is 93.1 cm³/mol. The summed E-state index contributed by atoms with van der Waals surface area (Å²) < 4.78 is 10.4. The van der Waals surface area contributed by atoms with Crippen LogP contribution in [0.2, 0.25) is 0 Å². The van der Waals surface area contributed by atoms with Gasteiger partial charge in [-0.05, 0) is 55.8 Å². The number of benzene rings is 2. The van der Waals surface area contributed by atoms with Crippen LogP contribution < -0.4 is 14.8 Å². The number of carbonyl (C=O) groups excluding carboxylic acids is 1. The fourth-order valence-electron chi connectivity index (χ4n) is 2.23. The Morgan fingerprint density at radius 1 is 1.00 bits per heavy atom. The molecule has 0 aliphatic carbocycles. The molecule has 0 radical (unpaired) electrons. The number of hydrogen-bond acceptors (Lipinski definition) is 4. The molecule has 0 bridgehead atoms. The number of ether oxygens (including phenoxy) is 2. The fraction of sp³-hybridized carbons (Fsp3) is 0.263. The lowest BCUT2D eigenvalue weighted by molar-refractivity contribution is -0.139. The monoisotopic (exact) mass is 343 g/mol. The predicted octanol–water partition coefficient (Wildman–Crippen LogP) is 3.04. The molecule has 25 heavy (non-hydrogen) atoms. The minimum Gasteiger partial charge on any atom is -0.494 e. The molecule has 2 rings (SSSR count). The van der Waals surface area contributed by atoms with Gasteiger partial charge in [0.25, 0.3) is 5.91 Å². The van der Waals surface area contributed by atoms with Crippen molar-refractivity contribution in [1.82, 2.24) is 5.32 Å². The zero-order valence-corrected chi connectivity index (χ0v) is 14.2. The van der Waals surface area contributed by atoms with Crippen LogP contribution in [0.3, 0.4) is 0 Å². The second-order valence-electron chi connectivity index (χ2n) is 5.40. The van der Waals surface area contributed by atoms with E-state index >= 15 is 0 Å². The molecule has 132 valence electrons. The average molecular weight is 343 g/mol. The Morgan fingerprint density at radius 2 is 1.56 bits per heavy atom. The van der Waals surface area contributed by atoms with Crippen LogP contribution in [0.1, 0.15) is 35.8 Å². The summed E-state index contributed by atoms with van der Waals surface area (Å²) >= 11 is 0. The summed E-state index contributed by atoms with van der Waals surface area (Å²) in [6.07, 6.45) is 0. The number of carbonyl (C=O) groups is 2. The molecule has 6 nitrogen and oxygen atoms in total. The highest BCUT2D eigenvalue weighted by molar-refractivity contribution is 5.94. The lowest BCUT2D eigenvalue weighted by atomic mass is 10.1. The molecule has 0 aromatic heterocycles. The molecule has 2 aromatic carbocycles. The van der Waals surface area contributed by atoms with E-state index in [1.54, 1.807) is 48.5 Å². The van der Waals surface area contributed by atoms with Crippen molar-refractivity contribution >= 4 is 11.9 Å². The molecule has 6 heteroatoms. The number of nitrogens with one attached hydrogen (secondary N) is 1. The maximum Gasteiger partial charge on any atom is 0.341 e. The van der Waals surface area contributed by atoms with Gasteiger partial charge in [-0.1, -0.05) is 12.1 Å². The number of amides is 1. The molecule has 0 saturated heterocycles. The van der Waals surface area contributed by atoms with Crippen LogP contribution in [0.15, 0.2) is 48.5 Å². The molecule has 1 unspecified atom stereocenters. The molecule has 0 spiro atoms. The molecule has 0 aliphatic heterocycles. The van der Waals surface area contributed by atoms with E-state index in [2.05, 4.69) is 5.32 Å². The second-order valence-corrected chi connectivity index (χ2v) is 5.40. The molecule has 2 aromatic rings. The van der Waals surface area contributed by atoms with E-state index in [-0.39, 0.29) is 18.6 Å². The van der Waals surface area contributed by atoms with Gasteiger partial charge in [-0.2, -0.15) is 0 Å². The first kappa shape index (κ1) is 18.3. The number of aliphatic carboxylic acids is 1. The standard InChI is InChI=1S/C19H21NO5/c1-3-24-16-10-6-15(7-11-16)19(23)20-13(2)14-4-8-17(9-5-14)25-12-18(21)22/h4-11,13H,3,12H2,1-2H3,(H,20,23)(H,21,22). The first-order valence-corrected chi connectivity index (χ1v) is 7.98. The lowest BCUT2D eigenvalue weighted by Crippen LogP contribution is -2.26. The van der Waals surface area contributed by atoms with Gasteiger partial charge >= 0.3 is 5.97 Å². The zero-order chi connectivity index (χ0) is 18.2. The normalized spacial score (nSPS) is 11.4. The van der Waals surface area contributed by atoms with E-state index in [4.69, 9.17) is 14.6 Å². The van der Waals surface area contributed by atoms with Crippen LogP contribution in [0.25, 0.3) is 0 Å². The molecule has 2 N–H and O–H groups in total. The Labute approximate surface area is 146 Å². The molecule has 1 atom stereocenters. The summed E-state index contributed by atoms with van der Waals surface area (Å²) in [5.41, 5.74) is 1.44. The molecular formula is C19H21NO5. The Morgan fingerprint density at radius 3 is 2.12 bits per heavy atom. The number of carboxylic acids is 1. The third-order valence-electron chi connectivity index (χ3n) is 3.52. The summed E-state index contributed by atoms with van der Waals surface area (Å²) in [6, 6.07) is 13.7. The van der Waals surface area contributed by atoms with Gasteiger partial charge in [0.15, 0.2) is 6.61 Å². The molecule has 1 amide bonds. The topological polar surface area (TPSA) is 84.9 Å². The minimum atomic E-state index is -1.03.